The van der Waals surface area contributed by atoms with Crippen molar-refractivity contribution >= 4 is 23.1 Å². The molecule has 2 N–H and O–H groups in total. The molecule has 118 valence electrons. The van der Waals surface area contributed by atoms with Crippen molar-refractivity contribution in [2.75, 3.05) is 17.2 Å². The van der Waals surface area contributed by atoms with Crippen LogP contribution in [0.15, 0.2) is 48.5 Å². The summed E-state index contributed by atoms with van der Waals surface area (Å²) in [6.45, 7) is 1.53. The molecule has 0 spiro atoms. The van der Waals surface area contributed by atoms with Gasteiger partial charge < -0.3 is 10.5 Å². The number of rotatable bonds is 4. The maximum absolute atomic E-state index is 12.7. The molecule has 1 amide bonds. The predicted octanol–water partition coefficient (Wildman–Crippen LogP) is 2.19. The number of carbonyl (C=O) groups excluding carboxylic acids is 2. The summed E-state index contributed by atoms with van der Waals surface area (Å²) >= 11 is 0. The smallest absolute Gasteiger partial charge is 0.268 e. The number of nitrogen functional groups attached to an aromatic ring is 1. The van der Waals surface area contributed by atoms with Gasteiger partial charge in [-0.15, -0.1) is 0 Å². The van der Waals surface area contributed by atoms with Crippen LogP contribution in [0.25, 0.3) is 0 Å². The average molecular weight is 310 g/mol. The first-order chi connectivity index (χ1) is 11.0. The number of Topliss-reactive ketones (excluding diaryl/α,β-unsaturated/α-hetero) is 1. The van der Waals surface area contributed by atoms with Crippen LogP contribution in [0.1, 0.15) is 12.5 Å². The molecule has 1 heterocycles. The van der Waals surface area contributed by atoms with Crippen molar-refractivity contribution in [2.24, 2.45) is 0 Å². The van der Waals surface area contributed by atoms with Gasteiger partial charge in [-0.25, -0.2) is 0 Å². The van der Waals surface area contributed by atoms with E-state index in [-0.39, 0.29) is 18.2 Å². The van der Waals surface area contributed by atoms with Crippen LogP contribution in [0, 0.1) is 0 Å². The summed E-state index contributed by atoms with van der Waals surface area (Å²) in [6, 6.07) is 14.6. The zero-order valence-corrected chi connectivity index (χ0v) is 12.9. The van der Waals surface area contributed by atoms with Crippen molar-refractivity contribution in [1.82, 2.24) is 0 Å². The molecule has 5 nitrogen and oxygen atoms in total. The molecular formula is C18H18N2O3. The number of benzene rings is 2. The number of amides is 1. The molecule has 0 saturated carbocycles. The molecule has 0 radical (unpaired) electrons. The van der Waals surface area contributed by atoms with E-state index < -0.39 is 6.10 Å². The quantitative estimate of drug-likeness (QED) is 0.879. The number of anilines is 2. The van der Waals surface area contributed by atoms with E-state index in [9.17, 15) is 9.59 Å². The summed E-state index contributed by atoms with van der Waals surface area (Å²) in [7, 11) is 0. The molecule has 1 atom stereocenters. The molecule has 5 heteroatoms. The van der Waals surface area contributed by atoms with E-state index in [2.05, 4.69) is 0 Å². The van der Waals surface area contributed by atoms with Crippen LogP contribution in [-0.2, 0) is 16.0 Å². The third-order valence-electron chi connectivity index (χ3n) is 3.75. The van der Waals surface area contributed by atoms with Crippen molar-refractivity contribution in [3.05, 3.63) is 54.1 Å². The Morgan fingerprint density at radius 1 is 1.17 bits per heavy atom. The Balaban J connectivity index is 1.89. The summed E-state index contributed by atoms with van der Waals surface area (Å²) < 4.78 is 5.86. The number of hydrogen-bond acceptors (Lipinski definition) is 4. The van der Waals surface area contributed by atoms with Gasteiger partial charge in [0.1, 0.15) is 11.5 Å². The third-order valence-corrected chi connectivity index (χ3v) is 3.75. The number of carbonyl (C=O) groups is 2. The number of ether oxygens (including phenoxy) is 1. The Morgan fingerprint density at radius 3 is 2.57 bits per heavy atom. The highest BCUT2D eigenvalue weighted by molar-refractivity contribution is 6.03. The molecule has 1 unspecified atom stereocenters. The molecule has 0 aliphatic carbocycles. The second-order valence-electron chi connectivity index (χ2n) is 5.65. The molecule has 2 aromatic carbocycles. The minimum atomic E-state index is -0.645. The Hall–Kier alpha value is -2.82. The van der Waals surface area contributed by atoms with Crippen molar-refractivity contribution in [3.8, 4) is 5.75 Å². The van der Waals surface area contributed by atoms with Crippen LogP contribution < -0.4 is 15.4 Å². The number of nitrogens with zero attached hydrogens (tertiary/aromatic N) is 1. The van der Waals surface area contributed by atoms with Crippen molar-refractivity contribution in [3.63, 3.8) is 0 Å². The number of ketones is 1. The first-order valence-electron chi connectivity index (χ1n) is 7.45. The lowest BCUT2D eigenvalue weighted by molar-refractivity contribution is -0.128. The standard InChI is InChI=1S/C18H18N2O3/c1-12(21)11-20-15-4-2-3-5-16(15)23-17(18(20)22)10-13-6-8-14(19)9-7-13/h2-9,17H,10-11,19H2,1H3. The van der Waals surface area contributed by atoms with Crippen LogP contribution in [0.4, 0.5) is 11.4 Å². The Kier molecular flexibility index (Phi) is 4.02. The second-order valence-corrected chi connectivity index (χ2v) is 5.65. The SMILES string of the molecule is CC(=O)CN1C(=O)C(Cc2ccc(N)cc2)Oc2ccccc21. The van der Waals surface area contributed by atoms with E-state index in [1.165, 1.54) is 11.8 Å². The maximum Gasteiger partial charge on any atom is 0.268 e. The van der Waals surface area contributed by atoms with Crippen LogP contribution in [0.2, 0.25) is 0 Å². The first-order valence-corrected chi connectivity index (χ1v) is 7.45. The maximum atomic E-state index is 12.7. The van der Waals surface area contributed by atoms with E-state index in [1.807, 2.05) is 30.3 Å². The minimum Gasteiger partial charge on any atom is -0.478 e. The Labute approximate surface area is 134 Å². The largest absolute Gasteiger partial charge is 0.478 e. The lowest BCUT2D eigenvalue weighted by Crippen LogP contribution is -2.48. The van der Waals surface area contributed by atoms with E-state index in [0.717, 1.165) is 5.56 Å². The van der Waals surface area contributed by atoms with Gasteiger partial charge in [0.25, 0.3) is 5.91 Å². The lowest BCUT2D eigenvalue weighted by atomic mass is 10.0. The first kappa shape index (κ1) is 15.1. The fourth-order valence-electron chi connectivity index (χ4n) is 2.66. The number of fused-ring (bicyclic) bond motifs is 1. The predicted molar refractivity (Wildman–Crippen MR) is 88.5 cm³/mol. The highest BCUT2D eigenvalue weighted by Gasteiger charge is 2.34. The highest BCUT2D eigenvalue weighted by atomic mass is 16.5. The highest BCUT2D eigenvalue weighted by Crippen LogP contribution is 2.34. The Morgan fingerprint density at radius 2 is 1.87 bits per heavy atom. The molecule has 23 heavy (non-hydrogen) atoms. The van der Waals surface area contributed by atoms with Gasteiger partial charge in [0.05, 0.1) is 12.2 Å². The number of para-hydroxylation sites is 2. The summed E-state index contributed by atoms with van der Waals surface area (Å²) in [4.78, 5) is 25.7. The van der Waals surface area contributed by atoms with E-state index in [4.69, 9.17) is 10.5 Å². The van der Waals surface area contributed by atoms with Gasteiger partial charge in [-0.3, -0.25) is 14.5 Å². The topological polar surface area (TPSA) is 72.6 Å². The molecule has 0 aromatic heterocycles. The molecule has 2 aromatic rings. The van der Waals surface area contributed by atoms with Gasteiger partial charge in [-0.1, -0.05) is 24.3 Å². The molecule has 3 rings (SSSR count). The molecule has 1 aliphatic rings. The lowest BCUT2D eigenvalue weighted by Gasteiger charge is -2.33. The summed E-state index contributed by atoms with van der Waals surface area (Å²) in [5.74, 6) is 0.353. The van der Waals surface area contributed by atoms with Gasteiger partial charge in [-0.2, -0.15) is 0 Å². The number of hydrogen-bond donors (Lipinski definition) is 1. The molecular weight excluding hydrogens is 292 g/mol. The monoisotopic (exact) mass is 310 g/mol. The average Bonchev–Trinajstić information content (AvgIpc) is 2.53. The van der Waals surface area contributed by atoms with Crippen molar-refractivity contribution in [1.29, 1.82) is 0 Å². The van der Waals surface area contributed by atoms with Gasteiger partial charge >= 0.3 is 0 Å². The van der Waals surface area contributed by atoms with E-state index in [0.29, 0.717) is 23.5 Å². The number of nitrogens with two attached hydrogens (primary N) is 1. The van der Waals surface area contributed by atoms with Crippen LogP contribution in [0.5, 0.6) is 5.75 Å². The third kappa shape index (κ3) is 3.18. The molecule has 0 saturated heterocycles. The van der Waals surface area contributed by atoms with Gasteiger partial charge in [0.2, 0.25) is 0 Å². The van der Waals surface area contributed by atoms with Crippen LogP contribution in [-0.4, -0.2) is 24.3 Å². The van der Waals surface area contributed by atoms with E-state index >= 15 is 0 Å². The van der Waals surface area contributed by atoms with Crippen molar-refractivity contribution in [2.45, 2.75) is 19.4 Å². The fourth-order valence-corrected chi connectivity index (χ4v) is 2.66. The normalized spacial score (nSPS) is 16.7. The molecule has 0 fully saturated rings. The van der Waals surface area contributed by atoms with Crippen molar-refractivity contribution < 1.29 is 14.3 Å². The summed E-state index contributed by atoms with van der Waals surface area (Å²) in [6.07, 6.45) is -0.213. The van der Waals surface area contributed by atoms with Gasteiger partial charge in [0.15, 0.2) is 6.10 Å². The minimum absolute atomic E-state index is 0.0530. The zero-order valence-electron chi connectivity index (χ0n) is 12.9. The van der Waals surface area contributed by atoms with Crippen LogP contribution in [0.3, 0.4) is 0 Å². The molecule has 0 bridgehead atoms. The van der Waals surface area contributed by atoms with Gasteiger partial charge in [0, 0.05) is 12.1 Å². The summed E-state index contributed by atoms with van der Waals surface area (Å²) in [5, 5.41) is 0. The van der Waals surface area contributed by atoms with Gasteiger partial charge in [-0.05, 0) is 36.8 Å². The summed E-state index contributed by atoms with van der Waals surface area (Å²) in [5.41, 5.74) is 7.96. The molecule has 1 aliphatic heterocycles. The van der Waals surface area contributed by atoms with Crippen LogP contribution >= 0.6 is 0 Å². The van der Waals surface area contributed by atoms with E-state index in [1.54, 1.807) is 18.2 Å². The Bertz CT molecular complexity index is 740. The second kappa shape index (κ2) is 6.12. The fraction of sp³-hybridized carbons (Fsp3) is 0.222. The zero-order chi connectivity index (χ0) is 16.4.